The molecule has 2 aliphatic heterocycles. The zero-order valence-electron chi connectivity index (χ0n) is 17.4. The van der Waals surface area contributed by atoms with Crippen molar-refractivity contribution in [3.8, 4) is 0 Å². The van der Waals surface area contributed by atoms with Crippen molar-refractivity contribution < 1.29 is 4.79 Å². The number of piperidine rings is 1. The number of aromatic nitrogens is 3. The summed E-state index contributed by atoms with van der Waals surface area (Å²) in [5.41, 5.74) is 0.528. The SMILES string of the molecule is CCC1CCCCN1C(=O)c1cc(N2CCN(c3ccccn3)CC2)nc(C)n1. The highest BCUT2D eigenvalue weighted by atomic mass is 16.2. The normalized spacial score (nSPS) is 20.1. The molecule has 1 amide bonds. The molecule has 7 nitrogen and oxygen atoms in total. The number of anilines is 2. The summed E-state index contributed by atoms with van der Waals surface area (Å²) in [4.78, 5) is 33.3. The Morgan fingerprint density at radius 3 is 2.48 bits per heavy atom. The first-order valence-corrected chi connectivity index (χ1v) is 10.7. The molecule has 2 fully saturated rings. The van der Waals surface area contributed by atoms with E-state index in [0.717, 1.165) is 63.6 Å². The molecule has 7 heteroatoms. The zero-order chi connectivity index (χ0) is 20.2. The predicted octanol–water partition coefficient (Wildman–Crippen LogP) is 2.91. The van der Waals surface area contributed by atoms with Gasteiger partial charge in [0.25, 0.3) is 5.91 Å². The van der Waals surface area contributed by atoms with Gasteiger partial charge in [-0.2, -0.15) is 0 Å². The topological polar surface area (TPSA) is 65.5 Å². The molecule has 0 N–H and O–H groups in total. The second-order valence-electron chi connectivity index (χ2n) is 7.88. The summed E-state index contributed by atoms with van der Waals surface area (Å²) in [6.45, 7) is 8.33. The van der Waals surface area contributed by atoms with E-state index >= 15 is 0 Å². The molecule has 4 heterocycles. The zero-order valence-corrected chi connectivity index (χ0v) is 17.4. The minimum atomic E-state index is 0.0513. The van der Waals surface area contributed by atoms with Crippen molar-refractivity contribution in [1.29, 1.82) is 0 Å². The first-order chi connectivity index (χ1) is 14.2. The first kappa shape index (κ1) is 19.6. The van der Waals surface area contributed by atoms with Crippen molar-refractivity contribution in [2.45, 2.75) is 45.6 Å². The van der Waals surface area contributed by atoms with Crippen molar-refractivity contribution in [1.82, 2.24) is 19.9 Å². The Labute approximate surface area is 172 Å². The van der Waals surface area contributed by atoms with Crippen LogP contribution in [0.2, 0.25) is 0 Å². The molecule has 154 valence electrons. The molecule has 2 aliphatic rings. The molecule has 2 aromatic heterocycles. The number of piperazine rings is 1. The van der Waals surface area contributed by atoms with Crippen LogP contribution in [0, 0.1) is 6.92 Å². The molecule has 0 spiro atoms. The molecule has 2 aromatic rings. The van der Waals surface area contributed by atoms with Crippen molar-refractivity contribution in [3.05, 3.63) is 42.0 Å². The van der Waals surface area contributed by atoms with Crippen LogP contribution in [-0.2, 0) is 0 Å². The van der Waals surface area contributed by atoms with E-state index in [0.29, 0.717) is 17.6 Å². The third-order valence-electron chi connectivity index (χ3n) is 5.98. The molecule has 0 aromatic carbocycles. The van der Waals surface area contributed by atoms with Gasteiger partial charge in [0.05, 0.1) is 0 Å². The smallest absolute Gasteiger partial charge is 0.272 e. The predicted molar refractivity (Wildman–Crippen MR) is 114 cm³/mol. The van der Waals surface area contributed by atoms with Crippen molar-refractivity contribution in [2.24, 2.45) is 0 Å². The van der Waals surface area contributed by atoms with Crippen molar-refractivity contribution in [2.75, 3.05) is 42.5 Å². The summed E-state index contributed by atoms with van der Waals surface area (Å²) in [7, 11) is 0. The lowest BCUT2D eigenvalue weighted by Crippen LogP contribution is -2.47. The van der Waals surface area contributed by atoms with Gasteiger partial charge in [-0.1, -0.05) is 13.0 Å². The van der Waals surface area contributed by atoms with Gasteiger partial charge in [0.2, 0.25) is 0 Å². The van der Waals surface area contributed by atoms with Gasteiger partial charge in [0.1, 0.15) is 23.2 Å². The minimum Gasteiger partial charge on any atom is -0.353 e. The van der Waals surface area contributed by atoms with E-state index in [-0.39, 0.29) is 5.91 Å². The molecule has 2 saturated heterocycles. The lowest BCUT2D eigenvalue weighted by Gasteiger charge is -2.37. The van der Waals surface area contributed by atoms with E-state index in [1.807, 2.05) is 42.3 Å². The highest BCUT2D eigenvalue weighted by Gasteiger charge is 2.28. The largest absolute Gasteiger partial charge is 0.353 e. The Bertz CT molecular complexity index is 834. The summed E-state index contributed by atoms with van der Waals surface area (Å²) < 4.78 is 0. The van der Waals surface area contributed by atoms with Gasteiger partial charge >= 0.3 is 0 Å². The minimum absolute atomic E-state index is 0.0513. The molecular formula is C22H30N6O. The average Bonchev–Trinajstić information content (AvgIpc) is 2.79. The number of hydrogen-bond donors (Lipinski definition) is 0. The molecule has 0 radical (unpaired) electrons. The van der Waals surface area contributed by atoms with E-state index < -0.39 is 0 Å². The number of aryl methyl sites for hydroxylation is 1. The molecule has 29 heavy (non-hydrogen) atoms. The lowest BCUT2D eigenvalue weighted by molar-refractivity contribution is 0.0601. The molecule has 0 saturated carbocycles. The Kier molecular flexibility index (Phi) is 5.92. The number of hydrogen-bond acceptors (Lipinski definition) is 6. The Balaban J connectivity index is 1.48. The van der Waals surface area contributed by atoms with Crippen LogP contribution in [0.3, 0.4) is 0 Å². The van der Waals surface area contributed by atoms with Gasteiger partial charge in [0, 0.05) is 51.0 Å². The maximum absolute atomic E-state index is 13.2. The van der Waals surface area contributed by atoms with Gasteiger partial charge in [0.15, 0.2) is 0 Å². The van der Waals surface area contributed by atoms with Gasteiger partial charge in [-0.05, 0) is 44.7 Å². The monoisotopic (exact) mass is 394 g/mol. The molecule has 0 aliphatic carbocycles. The third-order valence-corrected chi connectivity index (χ3v) is 5.98. The number of carbonyl (C=O) groups excluding carboxylic acids is 1. The van der Waals surface area contributed by atoms with Crippen molar-refractivity contribution in [3.63, 3.8) is 0 Å². The summed E-state index contributed by atoms with van der Waals surface area (Å²) >= 11 is 0. The van der Waals surface area contributed by atoms with E-state index in [1.54, 1.807) is 0 Å². The Hall–Kier alpha value is -2.70. The Morgan fingerprint density at radius 1 is 1.03 bits per heavy atom. The van der Waals surface area contributed by atoms with Gasteiger partial charge < -0.3 is 14.7 Å². The fourth-order valence-electron chi connectivity index (χ4n) is 4.37. The van der Waals surface area contributed by atoms with Crippen LogP contribution in [0.4, 0.5) is 11.6 Å². The van der Waals surface area contributed by atoms with E-state index in [4.69, 9.17) is 0 Å². The molecule has 1 unspecified atom stereocenters. The number of likely N-dealkylation sites (tertiary alicyclic amines) is 1. The van der Waals surface area contributed by atoms with Gasteiger partial charge in [-0.25, -0.2) is 15.0 Å². The second-order valence-corrected chi connectivity index (χ2v) is 7.88. The van der Waals surface area contributed by atoms with Crippen molar-refractivity contribution >= 4 is 17.5 Å². The Morgan fingerprint density at radius 2 is 1.79 bits per heavy atom. The van der Waals surface area contributed by atoms with E-state index in [2.05, 4.69) is 31.7 Å². The van der Waals surface area contributed by atoms with Crippen LogP contribution in [0.1, 0.15) is 48.9 Å². The van der Waals surface area contributed by atoms with Crippen LogP contribution < -0.4 is 9.80 Å². The maximum Gasteiger partial charge on any atom is 0.272 e. The van der Waals surface area contributed by atoms with E-state index in [1.165, 1.54) is 6.42 Å². The number of carbonyl (C=O) groups is 1. The molecule has 1 atom stereocenters. The summed E-state index contributed by atoms with van der Waals surface area (Å²) in [6.07, 6.45) is 6.20. The molecule has 0 bridgehead atoms. The third kappa shape index (κ3) is 4.33. The lowest BCUT2D eigenvalue weighted by atomic mass is 9.99. The van der Waals surface area contributed by atoms with Crippen LogP contribution in [0.5, 0.6) is 0 Å². The van der Waals surface area contributed by atoms with Crippen LogP contribution in [0.25, 0.3) is 0 Å². The number of amides is 1. The molecular weight excluding hydrogens is 364 g/mol. The highest BCUT2D eigenvalue weighted by Crippen LogP contribution is 2.23. The number of nitrogens with zero attached hydrogens (tertiary/aromatic N) is 6. The van der Waals surface area contributed by atoms with Crippen LogP contribution in [0.15, 0.2) is 30.5 Å². The summed E-state index contributed by atoms with van der Waals surface area (Å²) in [5, 5.41) is 0. The van der Waals surface area contributed by atoms with Gasteiger partial charge in [-0.15, -0.1) is 0 Å². The molecule has 4 rings (SSSR count). The quantitative estimate of drug-likeness (QED) is 0.794. The van der Waals surface area contributed by atoms with Gasteiger partial charge in [-0.3, -0.25) is 4.79 Å². The standard InChI is InChI=1S/C22H30N6O/c1-3-18-8-5-7-11-28(18)22(29)19-16-21(25-17(2)24-19)27-14-12-26(13-15-27)20-9-4-6-10-23-20/h4,6,9-10,16,18H,3,5,7-8,11-15H2,1-2H3. The maximum atomic E-state index is 13.2. The van der Waals surface area contributed by atoms with E-state index in [9.17, 15) is 4.79 Å². The summed E-state index contributed by atoms with van der Waals surface area (Å²) in [6, 6.07) is 8.21. The van der Waals surface area contributed by atoms with Crippen LogP contribution in [-0.4, -0.2) is 64.5 Å². The average molecular weight is 395 g/mol. The highest BCUT2D eigenvalue weighted by molar-refractivity contribution is 5.93. The second kappa shape index (κ2) is 8.76. The number of pyridine rings is 1. The fraction of sp³-hybridized carbons (Fsp3) is 0.545. The van der Waals surface area contributed by atoms with Crippen LogP contribution >= 0.6 is 0 Å². The number of rotatable bonds is 4. The first-order valence-electron chi connectivity index (χ1n) is 10.7. The summed E-state index contributed by atoms with van der Waals surface area (Å²) in [5.74, 6) is 2.57. The fourth-order valence-corrected chi connectivity index (χ4v) is 4.37.